The average molecular weight is 463 g/mol. The third-order valence-electron chi connectivity index (χ3n) is 8.18. The lowest BCUT2D eigenvalue weighted by Crippen LogP contribution is -2.39. The molecule has 0 aliphatic heterocycles. The first kappa shape index (κ1) is 24.9. The highest BCUT2D eigenvalue weighted by Gasteiger charge is 2.38. The third kappa shape index (κ3) is 5.41. The fraction of sp³-hybridized carbons (Fsp3) is 0.294. The molecule has 0 aliphatic rings. The molecular formula is C34H38O. The van der Waals surface area contributed by atoms with Gasteiger partial charge in [-0.2, -0.15) is 0 Å². The van der Waals surface area contributed by atoms with Crippen molar-refractivity contribution in [3.8, 4) is 0 Å². The maximum atomic E-state index is 6.76. The summed E-state index contributed by atoms with van der Waals surface area (Å²) in [4.78, 5) is 0. The molecule has 35 heavy (non-hydrogen) atoms. The van der Waals surface area contributed by atoms with Gasteiger partial charge in [0.15, 0.2) is 0 Å². The zero-order valence-corrected chi connectivity index (χ0v) is 21.5. The molecule has 0 aromatic heterocycles. The molecule has 4 unspecified atom stereocenters. The zero-order valence-electron chi connectivity index (χ0n) is 21.5. The largest absolute Gasteiger partial charge is 0.380 e. The highest BCUT2D eigenvalue weighted by Crippen LogP contribution is 2.42. The highest BCUT2D eigenvalue weighted by molar-refractivity contribution is 5.34. The quantitative estimate of drug-likeness (QED) is 0.229. The van der Waals surface area contributed by atoms with Crippen LogP contribution in [-0.2, 0) is 15.6 Å². The second-order valence-electron chi connectivity index (χ2n) is 10.3. The van der Waals surface area contributed by atoms with Crippen molar-refractivity contribution < 1.29 is 4.74 Å². The van der Waals surface area contributed by atoms with Crippen LogP contribution in [0.4, 0.5) is 0 Å². The molecule has 0 saturated heterocycles. The van der Waals surface area contributed by atoms with Crippen molar-refractivity contribution in [1.82, 2.24) is 0 Å². The number of rotatable bonds is 10. The van der Waals surface area contributed by atoms with Crippen molar-refractivity contribution in [3.63, 3.8) is 0 Å². The predicted molar refractivity (Wildman–Crippen MR) is 148 cm³/mol. The van der Waals surface area contributed by atoms with Gasteiger partial charge in [-0.25, -0.2) is 0 Å². The van der Waals surface area contributed by atoms with E-state index in [9.17, 15) is 0 Å². The first-order valence-electron chi connectivity index (χ1n) is 12.7. The minimum absolute atomic E-state index is 0.157. The average Bonchev–Trinajstić information content (AvgIpc) is 2.94. The summed E-state index contributed by atoms with van der Waals surface area (Å²) in [6, 6.07) is 43.3. The summed E-state index contributed by atoms with van der Waals surface area (Å²) in [5.41, 5.74) is 4.99. The van der Waals surface area contributed by atoms with Crippen molar-refractivity contribution >= 4 is 0 Å². The van der Waals surface area contributed by atoms with Gasteiger partial charge in [0.2, 0.25) is 0 Å². The van der Waals surface area contributed by atoms with Gasteiger partial charge in [-0.15, -0.1) is 0 Å². The Morgan fingerprint density at radius 1 is 0.486 bits per heavy atom. The molecule has 1 nitrogen and oxygen atoms in total. The molecule has 4 rings (SSSR count). The Labute approximate surface area is 211 Å². The standard InChI is InChI=1S/C34H38O/c1-27(29-17-9-5-10-18-29)33(3,31-21-13-7-14-22-31)25-35-26-34(4,32-23-15-8-16-24-32)28(2)30-19-11-6-12-20-30/h5-24,27-28H,25-26H2,1-4H3. The van der Waals surface area contributed by atoms with E-state index in [-0.39, 0.29) is 10.8 Å². The monoisotopic (exact) mass is 462 g/mol. The molecule has 4 aromatic carbocycles. The highest BCUT2D eigenvalue weighted by atomic mass is 16.5. The van der Waals surface area contributed by atoms with E-state index in [2.05, 4.69) is 149 Å². The van der Waals surface area contributed by atoms with E-state index in [1.165, 1.54) is 22.3 Å². The zero-order chi connectivity index (χ0) is 24.7. The summed E-state index contributed by atoms with van der Waals surface area (Å²) in [5.74, 6) is 0.612. The fourth-order valence-electron chi connectivity index (χ4n) is 5.25. The van der Waals surface area contributed by atoms with E-state index >= 15 is 0 Å². The van der Waals surface area contributed by atoms with E-state index in [4.69, 9.17) is 4.74 Å². The van der Waals surface area contributed by atoms with Crippen LogP contribution in [0.3, 0.4) is 0 Å². The molecule has 0 saturated carbocycles. The van der Waals surface area contributed by atoms with Crippen molar-refractivity contribution in [2.24, 2.45) is 0 Å². The van der Waals surface area contributed by atoms with E-state index in [0.717, 1.165) is 0 Å². The Morgan fingerprint density at radius 2 is 0.771 bits per heavy atom. The minimum Gasteiger partial charge on any atom is -0.380 e. The molecule has 0 spiro atoms. The lowest BCUT2D eigenvalue weighted by molar-refractivity contribution is 0.0402. The van der Waals surface area contributed by atoms with Crippen LogP contribution in [0.25, 0.3) is 0 Å². The predicted octanol–water partition coefficient (Wildman–Crippen LogP) is 8.53. The van der Waals surface area contributed by atoms with Gasteiger partial charge in [0.25, 0.3) is 0 Å². The first-order chi connectivity index (χ1) is 16.9. The normalized spacial score (nSPS) is 16.6. The van der Waals surface area contributed by atoms with Crippen molar-refractivity contribution in [2.45, 2.75) is 50.4 Å². The molecule has 180 valence electrons. The molecule has 4 atom stereocenters. The van der Waals surface area contributed by atoms with E-state index in [0.29, 0.717) is 25.0 Å². The van der Waals surface area contributed by atoms with Crippen LogP contribution in [0.15, 0.2) is 121 Å². The Hall–Kier alpha value is -3.16. The Morgan fingerprint density at radius 3 is 1.09 bits per heavy atom. The first-order valence-corrected chi connectivity index (χ1v) is 12.7. The van der Waals surface area contributed by atoms with Crippen LogP contribution >= 0.6 is 0 Å². The molecule has 0 N–H and O–H groups in total. The van der Waals surface area contributed by atoms with Gasteiger partial charge in [-0.1, -0.05) is 149 Å². The third-order valence-corrected chi connectivity index (χ3v) is 8.18. The molecule has 0 heterocycles. The molecule has 1 heteroatoms. The van der Waals surface area contributed by atoms with E-state index < -0.39 is 0 Å². The van der Waals surface area contributed by atoms with Crippen LogP contribution in [0.1, 0.15) is 61.8 Å². The van der Waals surface area contributed by atoms with Crippen molar-refractivity contribution in [3.05, 3.63) is 144 Å². The van der Waals surface area contributed by atoms with Crippen LogP contribution in [0, 0.1) is 0 Å². The summed E-state index contributed by atoms with van der Waals surface area (Å²) in [6.45, 7) is 10.7. The molecule has 0 bridgehead atoms. The van der Waals surface area contributed by atoms with Crippen LogP contribution in [-0.4, -0.2) is 13.2 Å². The maximum absolute atomic E-state index is 6.76. The van der Waals surface area contributed by atoms with E-state index in [1.807, 2.05) is 0 Å². The summed E-state index contributed by atoms with van der Waals surface area (Å²) >= 11 is 0. The van der Waals surface area contributed by atoms with Crippen molar-refractivity contribution in [2.75, 3.05) is 13.2 Å². The minimum atomic E-state index is -0.157. The van der Waals surface area contributed by atoms with Crippen LogP contribution in [0.2, 0.25) is 0 Å². The van der Waals surface area contributed by atoms with Gasteiger partial charge in [-0.3, -0.25) is 0 Å². The van der Waals surface area contributed by atoms with Gasteiger partial charge in [0.1, 0.15) is 0 Å². The molecular weight excluding hydrogens is 424 g/mol. The number of hydrogen-bond donors (Lipinski definition) is 0. The second-order valence-corrected chi connectivity index (χ2v) is 10.3. The van der Waals surface area contributed by atoms with E-state index in [1.54, 1.807) is 0 Å². The Bertz CT molecular complexity index is 1060. The fourth-order valence-corrected chi connectivity index (χ4v) is 5.25. The molecule has 4 aromatic rings. The van der Waals surface area contributed by atoms with Gasteiger partial charge in [-0.05, 0) is 34.1 Å². The molecule has 0 aliphatic carbocycles. The molecule has 0 radical (unpaired) electrons. The topological polar surface area (TPSA) is 9.23 Å². The summed E-state index contributed by atoms with van der Waals surface area (Å²) < 4.78 is 6.76. The summed E-state index contributed by atoms with van der Waals surface area (Å²) in [5, 5.41) is 0. The van der Waals surface area contributed by atoms with Gasteiger partial charge in [0.05, 0.1) is 13.2 Å². The SMILES string of the molecule is CC(c1ccccc1)C(C)(COCC(C)(c1ccccc1)C(C)c1ccccc1)c1ccccc1. The molecule has 0 amide bonds. The lowest BCUT2D eigenvalue weighted by atomic mass is 9.69. The number of hydrogen-bond acceptors (Lipinski definition) is 1. The summed E-state index contributed by atoms with van der Waals surface area (Å²) in [7, 11) is 0. The number of ether oxygens (including phenoxy) is 1. The summed E-state index contributed by atoms with van der Waals surface area (Å²) in [6.07, 6.45) is 0. The van der Waals surface area contributed by atoms with Crippen molar-refractivity contribution in [1.29, 1.82) is 0 Å². The lowest BCUT2D eigenvalue weighted by Gasteiger charge is -2.40. The molecule has 0 fully saturated rings. The Balaban J connectivity index is 1.63. The number of benzene rings is 4. The second kappa shape index (κ2) is 11.1. The maximum Gasteiger partial charge on any atom is 0.0566 e. The van der Waals surface area contributed by atoms with Gasteiger partial charge in [0, 0.05) is 10.8 Å². The van der Waals surface area contributed by atoms with Crippen LogP contribution in [0.5, 0.6) is 0 Å². The Kier molecular flexibility index (Phi) is 7.88. The van der Waals surface area contributed by atoms with Crippen LogP contribution < -0.4 is 0 Å². The van der Waals surface area contributed by atoms with Gasteiger partial charge < -0.3 is 4.74 Å². The van der Waals surface area contributed by atoms with Gasteiger partial charge >= 0.3 is 0 Å². The smallest absolute Gasteiger partial charge is 0.0566 e.